The number of ether oxygens (including phenoxy) is 3. The van der Waals surface area contributed by atoms with E-state index in [2.05, 4.69) is 6.92 Å². The van der Waals surface area contributed by atoms with Gasteiger partial charge in [-0.15, -0.1) is 0 Å². The maximum atomic E-state index is 9.92. The summed E-state index contributed by atoms with van der Waals surface area (Å²) in [4.78, 5) is 0. The van der Waals surface area contributed by atoms with Crippen molar-refractivity contribution in [1.29, 1.82) is 0 Å². The zero-order chi connectivity index (χ0) is 18.7. The van der Waals surface area contributed by atoms with Crippen LogP contribution in [-0.2, 0) is 14.2 Å². The van der Waals surface area contributed by atoms with Crippen LogP contribution in [0.3, 0.4) is 0 Å². The highest BCUT2D eigenvalue weighted by Crippen LogP contribution is 2.22. The van der Waals surface area contributed by atoms with E-state index in [4.69, 9.17) is 19.3 Å². The van der Waals surface area contributed by atoms with E-state index in [1.54, 1.807) is 0 Å². The lowest BCUT2D eigenvalue weighted by molar-refractivity contribution is -0.299. The third-order valence-corrected chi connectivity index (χ3v) is 4.28. The van der Waals surface area contributed by atoms with Crippen LogP contribution < -0.4 is 0 Å². The Labute approximate surface area is 149 Å². The van der Waals surface area contributed by atoms with E-state index in [0.29, 0.717) is 6.61 Å². The summed E-state index contributed by atoms with van der Waals surface area (Å²) in [5.74, 6) is 0. The topological polar surface area (TPSA) is 129 Å². The van der Waals surface area contributed by atoms with Crippen LogP contribution in [-0.4, -0.2) is 88.8 Å². The maximum absolute atomic E-state index is 9.92. The predicted molar refractivity (Wildman–Crippen MR) is 89.9 cm³/mol. The summed E-state index contributed by atoms with van der Waals surface area (Å²) in [6.45, 7) is 2.14. The van der Waals surface area contributed by atoms with Crippen molar-refractivity contribution < 1.29 is 39.7 Å². The SMILES string of the molecule is CCCCCCCCOCC(O)CO[C@H]1[C@@H](O)[C@H](O)[C@@H](CO)O[C@H]1O. The molecule has 8 nitrogen and oxygen atoms in total. The van der Waals surface area contributed by atoms with Gasteiger partial charge in [0.15, 0.2) is 6.29 Å². The largest absolute Gasteiger partial charge is 0.394 e. The zero-order valence-corrected chi connectivity index (χ0v) is 15.0. The monoisotopic (exact) mass is 366 g/mol. The third-order valence-electron chi connectivity index (χ3n) is 4.28. The molecule has 0 amide bonds. The first-order valence-electron chi connectivity index (χ1n) is 9.19. The minimum atomic E-state index is -1.49. The summed E-state index contributed by atoms with van der Waals surface area (Å²) in [5, 5.41) is 48.3. The third kappa shape index (κ3) is 8.27. The molecule has 1 rings (SSSR count). The normalized spacial score (nSPS) is 31.2. The van der Waals surface area contributed by atoms with Gasteiger partial charge < -0.3 is 39.7 Å². The minimum absolute atomic E-state index is 0.0938. The fourth-order valence-electron chi connectivity index (χ4n) is 2.73. The first kappa shape index (κ1) is 22.7. The van der Waals surface area contributed by atoms with Gasteiger partial charge in [-0.2, -0.15) is 0 Å². The Balaban J connectivity index is 2.13. The Bertz CT molecular complexity index is 330. The molecule has 1 unspecified atom stereocenters. The average Bonchev–Trinajstić information content (AvgIpc) is 2.60. The smallest absolute Gasteiger partial charge is 0.184 e. The molecule has 1 saturated heterocycles. The highest BCUT2D eigenvalue weighted by molar-refractivity contribution is 4.89. The molecule has 25 heavy (non-hydrogen) atoms. The lowest BCUT2D eigenvalue weighted by Gasteiger charge is -2.40. The standard InChI is InChI=1S/C17H34O8/c1-2-3-4-5-6-7-8-23-10-12(19)11-24-16-15(21)14(20)13(9-18)25-17(16)22/h12-22H,2-11H2,1H3/t12?,13-,14-,15+,16+,17-/m1/s1. The van der Waals surface area contributed by atoms with Crippen LogP contribution in [0.4, 0.5) is 0 Å². The van der Waals surface area contributed by atoms with Gasteiger partial charge >= 0.3 is 0 Å². The molecule has 0 aromatic carbocycles. The fourth-order valence-corrected chi connectivity index (χ4v) is 2.73. The molecule has 5 N–H and O–H groups in total. The number of aliphatic hydroxyl groups is 5. The van der Waals surface area contributed by atoms with E-state index < -0.39 is 43.4 Å². The van der Waals surface area contributed by atoms with Crippen LogP contribution in [0.5, 0.6) is 0 Å². The van der Waals surface area contributed by atoms with Crippen molar-refractivity contribution in [2.24, 2.45) is 0 Å². The van der Waals surface area contributed by atoms with E-state index in [-0.39, 0.29) is 13.2 Å². The summed E-state index contributed by atoms with van der Waals surface area (Å²) in [6, 6.07) is 0. The first-order chi connectivity index (χ1) is 12.0. The van der Waals surface area contributed by atoms with E-state index in [9.17, 15) is 20.4 Å². The Morgan fingerprint density at radius 1 is 0.960 bits per heavy atom. The summed E-state index contributed by atoms with van der Waals surface area (Å²) in [6.07, 6.45) is -0.518. The van der Waals surface area contributed by atoms with Gasteiger partial charge in [-0.25, -0.2) is 0 Å². The summed E-state index contributed by atoms with van der Waals surface area (Å²) >= 11 is 0. The van der Waals surface area contributed by atoms with Crippen LogP contribution in [0.25, 0.3) is 0 Å². The van der Waals surface area contributed by atoms with Gasteiger partial charge in [-0.05, 0) is 6.42 Å². The molecule has 0 saturated carbocycles. The van der Waals surface area contributed by atoms with E-state index in [0.717, 1.165) is 12.8 Å². The van der Waals surface area contributed by atoms with Gasteiger partial charge in [0.25, 0.3) is 0 Å². The van der Waals surface area contributed by atoms with Crippen molar-refractivity contribution in [2.45, 2.75) is 82.3 Å². The Kier molecular flexibility index (Phi) is 11.8. The van der Waals surface area contributed by atoms with E-state index in [1.165, 1.54) is 25.7 Å². The summed E-state index contributed by atoms with van der Waals surface area (Å²) in [5.41, 5.74) is 0. The molecule has 0 spiro atoms. The second-order valence-corrected chi connectivity index (χ2v) is 6.52. The van der Waals surface area contributed by atoms with Crippen LogP contribution in [0.1, 0.15) is 45.4 Å². The molecule has 0 bridgehead atoms. The second kappa shape index (κ2) is 12.9. The van der Waals surface area contributed by atoms with Gasteiger partial charge in [0.05, 0.1) is 19.8 Å². The molecular weight excluding hydrogens is 332 g/mol. The van der Waals surface area contributed by atoms with Crippen molar-refractivity contribution in [3.63, 3.8) is 0 Å². The Morgan fingerprint density at radius 3 is 2.32 bits per heavy atom. The van der Waals surface area contributed by atoms with Crippen LogP contribution >= 0.6 is 0 Å². The molecular formula is C17H34O8. The number of hydrogen-bond donors (Lipinski definition) is 5. The predicted octanol–water partition coefficient (Wildman–Crippen LogP) is -0.459. The van der Waals surface area contributed by atoms with E-state index >= 15 is 0 Å². The average molecular weight is 366 g/mol. The minimum Gasteiger partial charge on any atom is -0.394 e. The molecule has 8 heteroatoms. The number of hydrogen-bond acceptors (Lipinski definition) is 8. The zero-order valence-electron chi connectivity index (χ0n) is 15.0. The van der Waals surface area contributed by atoms with Crippen molar-refractivity contribution in [2.75, 3.05) is 26.4 Å². The first-order valence-corrected chi connectivity index (χ1v) is 9.19. The fraction of sp³-hybridized carbons (Fsp3) is 1.00. The van der Waals surface area contributed by atoms with E-state index in [1.807, 2.05) is 0 Å². The van der Waals surface area contributed by atoms with Gasteiger partial charge in [-0.3, -0.25) is 0 Å². The number of rotatable bonds is 13. The lowest BCUT2D eigenvalue weighted by atomic mass is 9.99. The van der Waals surface area contributed by atoms with Gasteiger partial charge in [-0.1, -0.05) is 39.0 Å². The molecule has 1 aliphatic rings. The molecule has 0 radical (unpaired) electrons. The molecule has 0 aromatic heterocycles. The maximum Gasteiger partial charge on any atom is 0.184 e. The molecule has 1 fully saturated rings. The van der Waals surface area contributed by atoms with Crippen molar-refractivity contribution >= 4 is 0 Å². The number of unbranched alkanes of at least 4 members (excludes halogenated alkanes) is 5. The van der Waals surface area contributed by atoms with Gasteiger partial charge in [0.1, 0.15) is 30.5 Å². The Morgan fingerprint density at radius 2 is 1.64 bits per heavy atom. The van der Waals surface area contributed by atoms with Gasteiger partial charge in [0.2, 0.25) is 0 Å². The van der Waals surface area contributed by atoms with Crippen molar-refractivity contribution in [1.82, 2.24) is 0 Å². The van der Waals surface area contributed by atoms with Crippen molar-refractivity contribution in [3.8, 4) is 0 Å². The highest BCUT2D eigenvalue weighted by Gasteiger charge is 2.44. The molecule has 0 aliphatic carbocycles. The van der Waals surface area contributed by atoms with Crippen LogP contribution in [0.15, 0.2) is 0 Å². The number of aliphatic hydroxyl groups excluding tert-OH is 5. The Hall–Kier alpha value is -0.320. The van der Waals surface area contributed by atoms with Crippen LogP contribution in [0, 0.1) is 0 Å². The molecule has 1 aliphatic heterocycles. The highest BCUT2D eigenvalue weighted by atomic mass is 16.7. The molecule has 0 aromatic rings. The second-order valence-electron chi connectivity index (χ2n) is 6.52. The van der Waals surface area contributed by atoms with Gasteiger partial charge in [0, 0.05) is 6.61 Å². The quantitative estimate of drug-likeness (QED) is 0.277. The lowest BCUT2D eigenvalue weighted by Crippen LogP contribution is -2.59. The van der Waals surface area contributed by atoms with Crippen molar-refractivity contribution in [3.05, 3.63) is 0 Å². The molecule has 150 valence electrons. The summed E-state index contributed by atoms with van der Waals surface area (Å²) in [7, 11) is 0. The molecule has 6 atom stereocenters. The van der Waals surface area contributed by atoms with Crippen LogP contribution in [0.2, 0.25) is 0 Å². The summed E-state index contributed by atoms with van der Waals surface area (Å²) < 4.78 is 15.6. The molecule has 1 heterocycles.